The number of hydrogen-bond acceptors (Lipinski definition) is 3. The Balaban J connectivity index is 2.73. The fourth-order valence-electron chi connectivity index (χ4n) is 1.15. The maximum Gasteiger partial charge on any atom is 0.326 e. The van der Waals surface area contributed by atoms with E-state index < -0.39 is 12.0 Å². The Labute approximate surface area is 71.8 Å². The monoisotopic (exact) mass is 170 g/mol. The fourth-order valence-corrected chi connectivity index (χ4v) is 1.15. The molecule has 0 saturated carbocycles. The van der Waals surface area contributed by atoms with Crippen molar-refractivity contribution < 1.29 is 9.90 Å². The van der Waals surface area contributed by atoms with Crippen LogP contribution in [0.25, 0.3) is 0 Å². The lowest BCUT2D eigenvalue weighted by Gasteiger charge is -2.17. The molecule has 0 aromatic rings. The van der Waals surface area contributed by atoms with Gasteiger partial charge in [0.15, 0.2) is 0 Å². The molecule has 0 radical (unpaired) electrons. The molecule has 0 saturated heterocycles. The summed E-state index contributed by atoms with van der Waals surface area (Å²) in [6.07, 6.45) is 1.74. The number of allylic oxidation sites excluding steroid dienone is 1. The molecule has 0 aromatic heterocycles. The van der Waals surface area contributed by atoms with Crippen LogP contribution >= 0.6 is 0 Å². The third kappa shape index (κ3) is 1.58. The summed E-state index contributed by atoms with van der Waals surface area (Å²) in [6.45, 7) is 4.05. The number of aliphatic carboxylic acids is 1. The summed E-state index contributed by atoms with van der Waals surface area (Å²) in [5, 5.41) is 10.4. The van der Waals surface area contributed by atoms with Gasteiger partial charge in [0.2, 0.25) is 0 Å². The van der Waals surface area contributed by atoms with Crippen molar-refractivity contribution in [3.63, 3.8) is 0 Å². The van der Waals surface area contributed by atoms with Crippen LogP contribution in [0, 0.1) is 5.92 Å². The lowest BCUT2D eigenvalue weighted by atomic mass is 10.1. The van der Waals surface area contributed by atoms with Crippen LogP contribution in [-0.2, 0) is 4.79 Å². The number of carboxylic acid groups (broad SMARTS) is 1. The summed E-state index contributed by atoms with van der Waals surface area (Å²) in [4.78, 5) is 10.7. The van der Waals surface area contributed by atoms with E-state index in [0.717, 1.165) is 5.70 Å². The lowest BCUT2D eigenvalue weighted by Crippen LogP contribution is -2.39. The van der Waals surface area contributed by atoms with Crippen LogP contribution < -0.4 is 5.43 Å². The van der Waals surface area contributed by atoms with E-state index in [4.69, 9.17) is 5.11 Å². The first-order valence-electron chi connectivity index (χ1n) is 3.96. The average molecular weight is 170 g/mol. The topological polar surface area (TPSA) is 52.6 Å². The van der Waals surface area contributed by atoms with Crippen molar-refractivity contribution in [2.45, 2.75) is 19.9 Å². The summed E-state index contributed by atoms with van der Waals surface area (Å²) in [7, 11) is 1.73. The van der Waals surface area contributed by atoms with Gasteiger partial charge in [0, 0.05) is 12.7 Å². The zero-order chi connectivity index (χ0) is 9.30. The molecule has 1 rings (SSSR count). The molecule has 68 valence electrons. The van der Waals surface area contributed by atoms with Gasteiger partial charge in [-0.2, -0.15) is 0 Å². The van der Waals surface area contributed by atoms with Gasteiger partial charge in [0.1, 0.15) is 6.04 Å². The molecular weight excluding hydrogens is 156 g/mol. The molecular formula is C8H14N2O2. The van der Waals surface area contributed by atoms with Crippen LogP contribution in [0.4, 0.5) is 0 Å². The standard InChI is InChI=1S/C8H14N2O2/c1-5(2)6-4-7(8(11)12)10(3)9-6/h4-5,7,9H,1-3H3,(H,11,12). The number of likely N-dealkylation sites (N-methyl/N-ethyl adjacent to an activating group) is 1. The fraction of sp³-hybridized carbons (Fsp3) is 0.625. The third-order valence-electron chi connectivity index (χ3n) is 1.94. The van der Waals surface area contributed by atoms with E-state index in [9.17, 15) is 4.79 Å². The molecule has 0 aliphatic carbocycles. The van der Waals surface area contributed by atoms with Crippen molar-refractivity contribution in [2.75, 3.05) is 7.05 Å². The maximum atomic E-state index is 10.7. The number of hydrogen-bond donors (Lipinski definition) is 2. The highest BCUT2D eigenvalue weighted by Crippen LogP contribution is 2.15. The molecule has 4 nitrogen and oxygen atoms in total. The molecule has 4 heteroatoms. The highest BCUT2D eigenvalue weighted by Gasteiger charge is 2.27. The summed E-state index contributed by atoms with van der Waals surface area (Å²) < 4.78 is 0. The molecule has 0 aromatic carbocycles. The SMILES string of the molecule is CC(C)C1=CC(C(=O)O)N(C)N1. The summed E-state index contributed by atoms with van der Waals surface area (Å²) in [5.41, 5.74) is 3.98. The first-order chi connectivity index (χ1) is 5.52. The molecule has 0 fully saturated rings. The average Bonchev–Trinajstić information content (AvgIpc) is 2.30. The van der Waals surface area contributed by atoms with Crippen LogP contribution in [0.5, 0.6) is 0 Å². The van der Waals surface area contributed by atoms with Gasteiger partial charge in [-0.1, -0.05) is 13.8 Å². The van der Waals surface area contributed by atoms with Crippen molar-refractivity contribution in [3.8, 4) is 0 Å². The lowest BCUT2D eigenvalue weighted by molar-refractivity contribution is -0.141. The highest BCUT2D eigenvalue weighted by molar-refractivity contribution is 5.76. The van der Waals surface area contributed by atoms with Crippen molar-refractivity contribution in [1.82, 2.24) is 10.4 Å². The number of nitrogens with one attached hydrogen (secondary N) is 1. The van der Waals surface area contributed by atoms with Crippen LogP contribution in [0.2, 0.25) is 0 Å². The third-order valence-corrected chi connectivity index (χ3v) is 1.94. The molecule has 0 spiro atoms. The van der Waals surface area contributed by atoms with E-state index >= 15 is 0 Å². The molecule has 1 unspecified atom stereocenters. The van der Waals surface area contributed by atoms with E-state index in [0.29, 0.717) is 5.92 Å². The van der Waals surface area contributed by atoms with Crippen LogP contribution in [0.3, 0.4) is 0 Å². The quantitative estimate of drug-likeness (QED) is 0.631. The smallest absolute Gasteiger partial charge is 0.326 e. The number of nitrogens with zero attached hydrogens (tertiary/aromatic N) is 1. The van der Waals surface area contributed by atoms with Gasteiger partial charge in [-0.25, -0.2) is 5.01 Å². The van der Waals surface area contributed by atoms with Crippen molar-refractivity contribution in [3.05, 3.63) is 11.8 Å². The minimum absolute atomic E-state index is 0.344. The molecule has 1 aliphatic rings. The van der Waals surface area contributed by atoms with Gasteiger partial charge in [-0.05, 0) is 12.0 Å². The van der Waals surface area contributed by atoms with Gasteiger partial charge >= 0.3 is 5.97 Å². The first kappa shape index (κ1) is 9.06. The molecule has 1 heterocycles. The number of carbonyl (C=O) groups is 1. The van der Waals surface area contributed by atoms with Crippen LogP contribution in [0.15, 0.2) is 11.8 Å². The Morgan fingerprint density at radius 1 is 1.75 bits per heavy atom. The normalized spacial score (nSPS) is 24.0. The minimum Gasteiger partial charge on any atom is -0.480 e. The summed E-state index contributed by atoms with van der Waals surface area (Å²) in [6, 6.07) is -0.526. The predicted octanol–water partition coefficient (Wildman–Crippen LogP) is 0.429. The van der Waals surface area contributed by atoms with Gasteiger partial charge in [-0.3, -0.25) is 4.79 Å². The van der Waals surface area contributed by atoms with Crippen LogP contribution in [0.1, 0.15) is 13.8 Å². The molecule has 0 bridgehead atoms. The molecule has 0 amide bonds. The highest BCUT2D eigenvalue weighted by atomic mass is 16.4. The second-order valence-corrected chi connectivity index (χ2v) is 3.28. The Bertz CT molecular complexity index is 223. The van der Waals surface area contributed by atoms with Gasteiger partial charge in [0.05, 0.1) is 0 Å². The maximum absolute atomic E-state index is 10.7. The van der Waals surface area contributed by atoms with Gasteiger partial charge in [-0.15, -0.1) is 0 Å². The van der Waals surface area contributed by atoms with E-state index in [1.807, 2.05) is 13.8 Å². The largest absolute Gasteiger partial charge is 0.480 e. The molecule has 12 heavy (non-hydrogen) atoms. The molecule has 1 atom stereocenters. The van der Waals surface area contributed by atoms with Crippen LogP contribution in [-0.4, -0.2) is 29.2 Å². The van der Waals surface area contributed by atoms with E-state index in [-0.39, 0.29) is 0 Å². The minimum atomic E-state index is -0.819. The van der Waals surface area contributed by atoms with Crippen molar-refractivity contribution in [2.24, 2.45) is 5.92 Å². The van der Waals surface area contributed by atoms with E-state index in [1.54, 1.807) is 18.1 Å². The Morgan fingerprint density at radius 3 is 2.58 bits per heavy atom. The number of rotatable bonds is 2. The Kier molecular flexibility index (Phi) is 2.38. The molecule has 1 aliphatic heterocycles. The van der Waals surface area contributed by atoms with E-state index in [2.05, 4.69) is 5.43 Å². The first-order valence-corrected chi connectivity index (χ1v) is 3.96. The van der Waals surface area contributed by atoms with E-state index in [1.165, 1.54) is 0 Å². The predicted molar refractivity (Wildman–Crippen MR) is 45.2 cm³/mol. The second kappa shape index (κ2) is 3.15. The summed E-state index contributed by atoms with van der Waals surface area (Å²) in [5.74, 6) is -0.475. The zero-order valence-electron chi connectivity index (χ0n) is 7.53. The van der Waals surface area contributed by atoms with Gasteiger partial charge < -0.3 is 10.5 Å². The Hall–Kier alpha value is -1.03. The second-order valence-electron chi connectivity index (χ2n) is 3.28. The van der Waals surface area contributed by atoms with Crippen molar-refractivity contribution >= 4 is 5.97 Å². The Morgan fingerprint density at radius 2 is 2.33 bits per heavy atom. The number of carboxylic acids is 1. The van der Waals surface area contributed by atoms with Gasteiger partial charge in [0.25, 0.3) is 0 Å². The zero-order valence-corrected chi connectivity index (χ0v) is 7.53. The van der Waals surface area contributed by atoms with Crippen molar-refractivity contribution in [1.29, 1.82) is 0 Å². The summed E-state index contributed by atoms with van der Waals surface area (Å²) >= 11 is 0. The molecule has 2 N–H and O–H groups in total. The number of hydrazine groups is 1.